The van der Waals surface area contributed by atoms with Gasteiger partial charge in [-0.3, -0.25) is 4.79 Å². The van der Waals surface area contributed by atoms with Crippen LogP contribution in [0, 0.1) is 0 Å². The molecule has 0 aromatic carbocycles. The van der Waals surface area contributed by atoms with Gasteiger partial charge >= 0.3 is 0 Å². The number of nitrogens with one attached hydrogen (secondary N) is 1. The molecular weight excluding hydrogens is 254 g/mol. The summed E-state index contributed by atoms with van der Waals surface area (Å²) in [5, 5.41) is 1.83. The lowest BCUT2D eigenvalue weighted by Crippen LogP contribution is -2.08. The second-order valence-corrected chi connectivity index (χ2v) is 3.86. The molecular formula is C7H4BrN3OS. The van der Waals surface area contributed by atoms with Crippen molar-refractivity contribution in [3.63, 3.8) is 0 Å². The molecule has 0 aliphatic heterocycles. The van der Waals surface area contributed by atoms with Gasteiger partial charge in [0.1, 0.15) is 10.2 Å². The van der Waals surface area contributed by atoms with E-state index in [1.807, 2.05) is 5.38 Å². The number of H-pyrrole nitrogens is 1. The molecule has 4 nitrogen and oxygen atoms in total. The van der Waals surface area contributed by atoms with Crippen molar-refractivity contribution in [1.29, 1.82) is 0 Å². The molecule has 1 N–H and O–H groups in total. The lowest BCUT2D eigenvalue weighted by atomic mass is 10.4. The summed E-state index contributed by atoms with van der Waals surface area (Å²) in [6, 6.07) is 0. The fourth-order valence-electron chi connectivity index (χ4n) is 0.839. The Hall–Kier alpha value is -1.01. The normalized spacial score (nSPS) is 10.2. The average Bonchev–Trinajstić information content (AvgIpc) is 2.62. The summed E-state index contributed by atoms with van der Waals surface area (Å²) in [6.07, 6.45) is 1.47. The number of halogens is 1. The first-order valence-electron chi connectivity index (χ1n) is 3.41. The topological polar surface area (TPSA) is 58.6 Å². The van der Waals surface area contributed by atoms with Crippen LogP contribution in [0.5, 0.6) is 0 Å². The maximum absolute atomic E-state index is 11.2. The minimum atomic E-state index is -0.196. The summed E-state index contributed by atoms with van der Waals surface area (Å²) in [5.41, 5.74) is 2.18. The Labute approximate surface area is 85.8 Å². The summed E-state index contributed by atoms with van der Waals surface area (Å²) >= 11 is 4.53. The first-order valence-corrected chi connectivity index (χ1v) is 5.14. The monoisotopic (exact) mass is 257 g/mol. The third-order valence-corrected chi connectivity index (χ3v) is 2.58. The number of aromatic amines is 1. The predicted octanol–water partition coefficient (Wildman–Crippen LogP) is 1.66. The van der Waals surface area contributed by atoms with E-state index in [0.717, 1.165) is 0 Å². The third kappa shape index (κ3) is 1.68. The SMILES string of the molecule is O=c1[nH]c(-c2cscn2)ncc1Br. The zero-order valence-electron chi connectivity index (χ0n) is 6.32. The number of aromatic nitrogens is 3. The van der Waals surface area contributed by atoms with E-state index >= 15 is 0 Å². The molecule has 0 saturated heterocycles. The molecule has 0 bridgehead atoms. The zero-order chi connectivity index (χ0) is 9.26. The standard InChI is InChI=1S/C7H4BrN3OS/c8-4-1-9-6(11-7(4)12)5-2-13-3-10-5/h1-3H,(H,9,11,12). The van der Waals surface area contributed by atoms with E-state index < -0.39 is 0 Å². The highest BCUT2D eigenvalue weighted by atomic mass is 79.9. The van der Waals surface area contributed by atoms with Crippen molar-refractivity contribution in [2.24, 2.45) is 0 Å². The van der Waals surface area contributed by atoms with Crippen LogP contribution in [0.2, 0.25) is 0 Å². The van der Waals surface area contributed by atoms with Gasteiger partial charge in [0.05, 0.1) is 5.51 Å². The minimum Gasteiger partial charge on any atom is -0.304 e. The predicted molar refractivity (Wildman–Crippen MR) is 53.7 cm³/mol. The first-order chi connectivity index (χ1) is 6.27. The van der Waals surface area contributed by atoms with Crippen molar-refractivity contribution < 1.29 is 0 Å². The Morgan fingerprint density at radius 1 is 1.46 bits per heavy atom. The summed E-state index contributed by atoms with van der Waals surface area (Å²) < 4.78 is 0.423. The van der Waals surface area contributed by atoms with Gasteiger partial charge in [0.25, 0.3) is 5.56 Å². The van der Waals surface area contributed by atoms with Crippen molar-refractivity contribution in [2.75, 3.05) is 0 Å². The molecule has 0 amide bonds. The minimum absolute atomic E-state index is 0.196. The molecule has 66 valence electrons. The third-order valence-electron chi connectivity index (χ3n) is 1.43. The van der Waals surface area contributed by atoms with Crippen LogP contribution in [0.1, 0.15) is 0 Å². The molecule has 0 aliphatic rings. The Bertz CT molecular complexity index is 465. The molecule has 2 rings (SSSR count). The second kappa shape index (κ2) is 3.39. The molecule has 2 heterocycles. The summed E-state index contributed by atoms with van der Waals surface area (Å²) in [6.45, 7) is 0. The second-order valence-electron chi connectivity index (χ2n) is 2.28. The molecule has 0 aliphatic carbocycles. The van der Waals surface area contributed by atoms with Crippen molar-refractivity contribution in [3.05, 3.63) is 31.9 Å². The van der Waals surface area contributed by atoms with Gasteiger partial charge in [-0.15, -0.1) is 11.3 Å². The van der Waals surface area contributed by atoms with Crippen LogP contribution in [0.15, 0.2) is 26.4 Å². The van der Waals surface area contributed by atoms with Gasteiger partial charge in [-0.25, -0.2) is 9.97 Å². The number of thiazole rings is 1. The molecule has 0 atom stereocenters. The maximum atomic E-state index is 11.2. The van der Waals surface area contributed by atoms with E-state index in [1.54, 1.807) is 5.51 Å². The summed E-state index contributed by atoms with van der Waals surface area (Å²) in [4.78, 5) is 21.8. The summed E-state index contributed by atoms with van der Waals surface area (Å²) in [7, 11) is 0. The average molecular weight is 258 g/mol. The Morgan fingerprint density at radius 3 is 2.92 bits per heavy atom. The molecule has 2 aromatic rings. The van der Waals surface area contributed by atoms with Crippen molar-refractivity contribution in [1.82, 2.24) is 15.0 Å². The van der Waals surface area contributed by atoms with Crippen LogP contribution >= 0.6 is 27.3 Å². The van der Waals surface area contributed by atoms with E-state index in [1.165, 1.54) is 17.5 Å². The van der Waals surface area contributed by atoms with E-state index in [9.17, 15) is 4.79 Å². The summed E-state index contributed by atoms with van der Waals surface area (Å²) in [5.74, 6) is 0.495. The van der Waals surface area contributed by atoms with E-state index in [-0.39, 0.29) is 5.56 Å². The van der Waals surface area contributed by atoms with E-state index in [0.29, 0.717) is 16.0 Å². The van der Waals surface area contributed by atoms with Crippen LogP contribution in [0.4, 0.5) is 0 Å². The van der Waals surface area contributed by atoms with Crippen molar-refractivity contribution in [3.8, 4) is 11.5 Å². The zero-order valence-corrected chi connectivity index (χ0v) is 8.72. The van der Waals surface area contributed by atoms with Gasteiger partial charge in [-0.2, -0.15) is 0 Å². The van der Waals surface area contributed by atoms with Crippen LogP contribution in [0.3, 0.4) is 0 Å². The lowest BCUT2D eigenvalue weighted by Gasteiger charge is -1.94. The van der Waals surface area contributed by atoms with Crippen molar-refractivity contribution >= 4 is 27.3 Å². The highest BCUT2D eigenvalue weighted by Gasteiger charge is 2.03. The number of rotatable bonds is 1. The molecule has 0 fully saturated rings. The molecule has 0 unspecified atom stereocenters. The van der Waals surface area contributed by atoms with Gasteiger partial charge in [-0.05, 0) is 15.9 Å². The van der Waals surface area contributed by atoms with Crippen LogP contribution in [0.25, 0.3) is 11.5 Å². The van der Waals surface area contributed by atoms with Crippen LogP contribution < -0.4 is 5.56 Å². The smallest absolute Gasteiger partial charge is 0.265 e. The molecule has 0 spiro atoms. The quantitative estimate of drug-likeness (QED) is 0.846. The van der Waals surface area contributed by atoms with E-state index in [2.05, 4.69) is 30.9 Å². The van der Waals surface area contributed by atoms with Gasteiger partial charge in [-0.1, -0.05) is 0 Å². The van der Waals surface area contributed by atoms with Gasteiger partial charge < -0.3 is 4.98 Å². The van der Waals surface area contributed by atoms with Gasteiger partial charge in [0.2, 0.25) is 0 Å². The van der Waals surface area contributed by atoms with Crippen LogP contribution in [-0.4, -0.2) is 15.0 Å². The van der Waals surface area contributed by atoms with Gasteiger partial charge in [0, 0.05) is 11.6 Å². The molecule has 0 radical (unpaired) electrons. The molecule has 0 saturated carbocycles. The molecule has 13 heavy (non-hydrogen) atoms. The lowest BCUT2D eigenvalue weighted by molar-refractivity contribution is 1.09. The highest BCUT2D eigenvalue weighted by Crippen LogP contribution is 2.13. The van der Waals surface area contributed by atoms with Gasteiger partial charge in [0.15, 0.2) is 5.82 Å². The first kappa shape index (κ1) is 8.58. The fourth-order valence-corrected chi connectivity index (χ4v) is 1.58. The number of hydrogen-bond donors (Lipinski definition) is 1. The number of hydrogen-bond acceptors (Lipinski definition) is 4. The Morgan fingerprint density at radius 2 is 2.31 bits per heavy atom. The van der Waals surface area contributed by atoms with Crippen molar-refractivity contribution in [2.45, 2.75) is 0 Å². The van der Waals surface area contributed by atoms with E-state index in [4.69, 9.17) is 0 Å². The fraction of sp³-hybridized carbons (Fsp3) is 0. The Kier molecular flexibility index (Phi) is 2.24. The molecule has 6 heteroatoms. The largest absolute Gasteiger partial charge is 0.304 e. The highest BCUT2D eigenvalue weighted by molar-refractivity contribution is 9.10. The maximum Gasteiger partial charge on any atom is 0.265 e. The van der Waals surface area contributed by atoms with Crippen LogP contribution in [-0.2, 0) is 0 Å². The molecule has 2 aromatic heterocycles. The number of nitrogens with zero attached hydrogens (tertiary/aromatic N) is 2. The Balaban J connectivity index is 2.55.